The Morgan fingerprint density at radius 1 is 1.06 bits per heavy atom. The molecule has 0 bridgehead atoms. The summed E-state index contributed by atoms with van der Waals surface area (Å²) in [6, 6.07) is 17.1. The maximum atomic E-state index is 6.97. The smallest absolute Gasteiger partial charge is 0.262 e. The number of thiazole rings is 1. The Bertz CT molecular complexity index is 1300. The van der Waals surface area contributed by atoms with Crippen LogP contribution in [0.4, 0.5) is 5.69 Å². The summed E-state index contributed by atoms with van der Waals surface area (Å²) >= 11 is 10.6. The highest BCUT2D eigenvalue weighted by atomic mass is 35.5. The fourth-order valence-corrected chi connectivity index (χ4v) is 6.99. The molecule has 168 valence electrons. The van der Waals surface area contributed by atoms with Gasteiger partial charge in [0.15, 0.2) is 0 Å². The van der Waals surface area contributed by atoms with Crippen molar-refractivity contribution in [2.75, 3.05) is 5.32 Å². The fraction of sp³-hybridized carbons (Fsp3) is 0.250. The van der Waals surface area contributed by atoms with Crippen LogP contribution in [0.3, 0.4) is 0 Å². The van der Waals surface area contributed by atoms with E-state index in [1.54, 1.807) is 0 Å². The summed E-state index contributed by atoms with van der Waals surface area (Å²) in [5.41, 5.74) is 6.32. The molecule has 0 radical (unpaired) electrons. The first-order valence-corrected chi connectivity index (χ1v) is 13.6. The third kappa shape index (κ3) is 4.57. The van der Waals surface area contributed by atoms with E-state index in [1.807, 2.05) is 23.1 Å². The summed E-state index contributed by atoms with van der Waals surface area (Å²) in [4.78, 5) is 1.29. The molecule has 1 N–H and O–H groups in total. The average Bonchev–Trinajstić information content (AvgIpc) is 3.43. The van der Waals surface area contributed by atoms with Gasteiger partial charge in [-0.3, -0.25) is 0 Å². The third-order valence-electron chi connectivity index (χ3n) is 6.20. The molecule has 33 heavy (non-hydrogen) atoms. The Labute approximate surface area is 209 Å². The predicted molar refractivity (Wildman–Crippen MR) is 145 cm³/mol. The van der Waals surface area contributed by atoms with E-state index in [2.05, 4.69) is 90.5 Å². The second-order valence-corrected chi connectivity index (χ2v) is 10.8. The molecule has 1 aliphatic heterocycles. The van der Waals surface area contributed by atoms with Crippen molar-refractivity contribution in [2.45, 2.75) is 51.0 Å². The maximum absolute atomic E-state index is 6.97. The number of benzene rings is 2. The highest BCUT2D eigenvalue weighted by molar-refractivity contribution is 8.03. The number of fused-ring (bicyclic) bond motifs is 2. The van der Waals surface area contributed by atoms with Gasteiger partial charge in [-0.05, 0) is 67.5 Å². The van der Waals surface area contributed by atoms with Gasteiger partial charge in [-0.2, -0.15) is 4.57 Å². The van der Waals surface area contributed by atoms with E-state index in [0.717, 1.165) is 37.3 Å². The minimum atomic E-state index is 0.925. The summed E-state index contributed by atoms with van der Waals surface area (Å²) in [6.45, 7) is 5.39. The molecule has 0 fully saturated rings. The van der Waals surface area contributed by atoms with Crippen LogP contribution in [-0.2, 0) is 6.54 Å². The number of para-hydroxylation sites is 2. The number of hydrogen-bond acceptors (Lipinski definition) is 3. The molecule has 1 aliphatic carbocycles. The zero-order valence-electron chi connectivity index (χ0n) is 19.0. The first-order valence-electron chi connectivity index (χ1n) is 11.6. The van der Waals surface area contributed by atoms with Gasteiger partial charge in [0, 0.05) is 22.1 Å². The van der Waals surface area contributed by atoms with Crippen molar-refractivity contribution >= 4 is 56.7 Å². The van der Waals surface area contributed by atoms with E-state index in [0.29, 0.717) is 0 Å². The van der Waals surface area contributed by atoms with Crippen LogP contribution in [0.25, 0.3) is 16.3 Å². The SMILES string of the molecule is CCC(/C=C1/CCCC(/C=C/c2sc3ccccc3[n+]2CC)=C1Cl)=C1/Nc2ccccc2S1. The van der Waals surface area contributed by atoms with Crippen molar-refractivity contribution in [3.63, 3.8) is 0 Å². The summed E-state index contributed by atoms with van der Waals surface area (Å²) in [5, 5.41) is 7.02. The second kappa shape index (κ2) is 9.92. The Kier molecular flexibility index (Phi) is 6.77. The number of aromatic nitrogens is 1. The molecule has 2 nitrogen and oxygen atoms in total. The number of nitrogens with zero attached hydrogens (tertiary/aromatic N) is 1. The van der Waals surface area contributed by atoms with Crippen molar-refractivity contribution in [3.05, 3.63) is 92.5 Å². The van der Waals surface area contributed by atoms with Gasteiger partial charge in [0.05, 0.1) is 10.7 Å². The highest BCUT2D eigenvalue weighted by Crippen LogP contribution is 2.43. The number of thioether (sulfide) groups is 1. The Morgan fingerprint density at radius 3 is 2.70 bits per heavy atom. The molecule has 0 saturated heterocycles. The largest absolute Gasteiger partial charge is 0.349 e. The van der Waals surface area contributed by atoms with Crippen molar-refractivity contribution < 1.29 is 4.57 Å². The summed E-state index contributed by atoms with van der Waals surface area (Å²) in [5.74, 6) is 0. The molecule has 5 heteroatoms. The number of halogens is 1. The standard InChI is InChI=1S/C28H27ClN2S2/c1-3-19(28-30-22-12-5-7-14-24(22)33-28)18-21-11-9-10-20(27(21)29)16-17-26-31(4-2)23-13-6-8-15-25(23)32-26/h5-8,12-18H,3-4,9-11H2,1-2H3/p+1. The van der Waals surface area contributed by atoms with Gasteiger partial charge in [0.2, 0.25) is 5.52 Å². The molecule has 3 aromatic rings. The number of rotatable bonds is 5. The Balaban J connectivity index is 1.45. The maximum Gasteiger partial charge on any atom is 0.262 e. The van der Waals surface area contributed by atoms with Gasteiger partial charge in [0.1, 0.15) is 11.2 Å². The van der Waals surface area contributed by atoms with Crippen LogP contribution < -0.4 is 9.88 Å². The fourth-order valence-electron chi connectivity index (χ4n) is 4.46. The molecule has 2 heterocycles. The molecular formula is C28H28ClN2S2+. The van der Waals surface area contributed by atoms with E-state index in [4.69, 9.17) is 11.6 Å². The number of allylic oxidation sites excluding steroid dienone is 6. The third-order valence-corrected chi connectivity index (χ3v) is 8.96. The van der Waals surface area contributed by atoms with Crippen LogP contribution in [0.5, 0.6) is 0 Å². The number of hydrogen-bond donors (Lipinski definition) is 1. The first kappa shape index (κ1) is 22.5. The van der Waals surface area contributed by atoms with Crippen molar-refractivity contribution in [2.24, 2.45) is 0 Å². The van der Waals surface area contributed by atoms with E-state index in [9.17, 15) is 0 Å². The van der Waals surface area contributed by atoms with Gasteiger partial charge < -0.3 is 5.32 Å². The van der Waals surface area contributed by atoms with Crippen LogP contribution in [-0.4, -0.2) is 0 Å². The number of anilines is 1. The highest BCUT2D eigenvalue weighted by Gasteiger charge is 2.21. The zero-order valence-corrected chi connectivity index (χ0v) is 21.4. The van der Waals surface area contributed by atoms with Crippen molar-refractivity contribution in [1.29, 1.82) is 0 Å². The van der Waals surface area contributed by atoms with E-state index >= 15 is 0 Å². The Morgan fingerprint density at radius 2 is 1.88 bits per heavy atom. The lowest BCUT2D eigenvalue weighted by atomic mass is 9.93. The van der Waals surface area contributed by atoms with Crippen molar-refractivity contribution in [1.82, 2.24) is 0 Å². The van der Waals surface area contributed by atoms with Crippen LogP contribution in [0, 0.1) is 0 Å². The van der Waals surface area contributed by atoms with Gasteiger partial charge in [0.25, 0.3) is 5.01 Å². The lowest BCUT2D eigenvalue weighted by Crippen LogP contribution is -2.33. The molecule has 0 saturated carbocycles. The minimum Gasteiger partial charge on any atom is -0.349 e. The van der Waals surface area contributed by atoms with Gasteiger partial charge >= 0.3 is 0 Å². The van der Waals surface area contributed by atoms with Gasteiger partial charge in [-0.15, -0.1) is 0 Å². The lowest BCUT2D eigenvalue weighted by molar-refractivity contribution is -0.665. The quantitative estimate of drug-likeness (QED) is 0.359. The van der Waals surface area contributed by atoms with E-state index in [1.165, 1.54) is 47.6 Å². The van der Waals surface area contributed by atoms with Gasteiger partial charge in [-0.25, -0.2) is 0 Å². The summed E-state index contributed by atoms with van der Waals surface area (Å²) in [6.07, 6.45) is 11.0. The molecule has 2 aromatic carbocycles. The van der Waals surface area contributed by atoms with Crippen LogP contribution in [0.2, 0.25) is 0 Å². The average molecular weight is 492 g/mol. The van der Waals surface area contributed by atoms with Crippen LogP contribution in [0.1, 0.15) is 44.5 Å². The molecule has 0 unspecified atom stereocenters. The number of aryl methyl sites for hydroxylation is 1. The summed E-state index contributed by atoms with van der Waals surface area (Å²) in [7, 11) is 0. The lowest BCUT2D eigenvalue weighted by Gasteiger charge is -2.18. The predicted octanol–water partition coefficient (Wildman–Crippen LogP) is 8.66. The topological polar surface area (TPSA) is 15.9 Å². The monoisotopic (exact) mass is 491 g/mol. The molecule has 0 amide bonds. The van der Waals surface area contributed by atoms with Crippen LogP contribution in [0.15, 0.2) is 92.4 Å². The normalized spacial score (nSPS) is 18.9. The minimum absolute atomic E-state index is 0.925. The van der Waals surface area contributed by atoms with Crippen LogP contribution >= 0.6 is 34.7 Å². The van der Waals surface area contributed by atoms with Crippen molar-refractivity contribution in [3.8, 4) is 0 Å². The Hall–Kier alpha value is -2.27. The zero-order chi connectivity index (χ0) is 22.8. The van der Waals surface area contributed by atoms with Gasteiger partial charge in [-0.1, -0.05) is 78.0 Å². The second-order valence-electron chi connectivity index (χ2n) is 8.28. The summed E-state index contributed by atoms with van der Waals surface area (Å²) < 4.78 is 3.70. The molecule has 0 atom stereocenters. The van der Waals surface area contributed by atoms with E-state index < -0.39 is 0 Å². The molecule has 0 spiro atoms. The molecular weight excluding hydrogens is 464 g/mol. The molecule has 2 aliphatic rings. The molecule has 1 aromatic heterocycles. The molecule has 5 rings (SSSR count). The number of nitrogens with one attached hydrogen (secondary N) is 1. The first-order chi connectivity index (χ1) is 16.2. The van der Waals surface area contributed by atoms with E-state index in [-0.39, 0.29) is 0 Å².